The third-order valence-electron chi connectivity index (χ3n) is 3.24. The first-order valence-corrected chi connectivity index (χ1v) is 7.52. The third kappa shape index (κ3) is 4.21. The van der Waals surface area contributed by atoms with Gasteiger partial charge in [0, 0.05) is 12.6 Å². The molecule has 2 rings (SSSR count). The molecule has 0 bridgehead atoms. The number of hydrogen-bond acceptors (Lipinski definition) is 5. The second-order valence-electron chi connectivity index (χ2n) is 5.17. The Balaban J connectivity index is 1.75. The zero-order chi connectivity index (χ0) is 13.9. The van der Waals surface area contributed by atoms with Crippen molar-refractivity contribution in [3.63, 3.8) is 0 Å². The van der Waals surface area contributed by atoms with Crippen LogP contribution in [0.25, 0.3) is 0 Å². The summed E-state index contributed by atoms with van der Waals surface area (Å²) in [5.41, 5.74) is -0.839. The highest BCUT2D eigenvalue weighted by atomic mass is 32.2. The summed E-state index contributed by atoms with van der Waals surface area (Å²) in [6.07, 6.45) is 4.66. The summed E-state index contributed by atoms with van der Waals surface area (Å²) in [7, 11) is 0. The molecule has 0 aliphatic heterocycles. The van der Waals surface area contributed by atoms with E-state index in [2.05, 4.69) is 15.5 Å². The molecule has 1 aliphatic rings. The Morgan fingerprint density at radius 3 is 3.05 bits per heavy atom. The topological polar surface area (TPSA) is 80.0 Å². The Morgan fingerprint density at radius 1 is 1.68 bits per heavy atom. The average molecular weight is 284 g/mol. The molecule has 1 fully saturated rings. The molecule has 0 aromatic carbocycles. The van der Waals surface area contributed by atoms with Crippen molar-refractivity contribution in [3.8, 4) is 0 Å². The van der Waals surface area contributed by atoms with Crippen LogP contribution < -0.4 is 5.32 Å². The fraction of sp³-hybridized carbons (Fsp3) is 0.750. The maximum absolute atomic E-state index is 11.7. The quantitative estimate of drug-likeness (QED) is 0.730. The molecule has 2 N–H and O–H groups in total. The largest absolute Gasteiger partial charge is 0.388 e. The molecular weight excluding hydrogens is 264 g/mol. The van der Waals surface area contributed by atoms with Gasteiger partial charge in [0.1, 0.15) is 6.33 Å². The monoisotopic (exact) mass is 284 g/mol. The molecule has 1 amide bonds. The number of rotatable bonds is 7. The van der Waals surface area contributed by atoms with Gasteiger partial charge in [-0.25, -0.2) is 0 Å². The summed E-state index contributed by atoms with van der Waals surface area (Å²) in [5.74, 6) is 0.203. The van der Waals surface area contributed by atoms with E-state index in [-0.39, 0.29) is 12.5 Å². The summed E-state index contributed by atoms with van der Waals surface area (Å²) >= 11 is 1.38. The standard InChI is InChI=1S/C12H20N4O2S/c1-3-12(2,18)7-13-10(17)6-19-11-15-14-8-16(11)9-4-5-9/h8-9,18H,3-7H2,1-2H3,(H,13,17). The van der Waals surface area contributed by atoms with Gasteiger partial charge in [0.25, 0.3) is 0 Å². The molecule has 1 aromatic heterocycles. The molecule has 1 aromatic rings. The number of carbonyl (C=O) groups excluding carboxylic acids is 1. The smallest absolute Gasteiger partial charge is 0.230 e. The van der Waals surface area contributed by atoms with Gasteiger partial charge in [0.05, 0.1) is 11.4 Å². The van der Waals surface area contributed by atoms with Crippen molar-refractivity contribution in [3.05, 3.63) is 6.33 Å². The number of thioether (sulfide) groups is 1. The van der Waals surface area contributed by atoms with Crippen molar-refractivity contribution in [1.29, 1.82) is 0 Å². The maximum atomic E-state index is 11.7. The van der Waals surface area contributed by atoms with Crippen LogP contribution in [0.3, 0.4) is 0 Å². The predicted molar refractivity (Wildman–Crippen MR) is 72.9 cm³/mol. The summed E-state index contributed by atoms with van der Waals surface area (Å²) in [6.45, 7) is 3.88. The van der Waals surface area contributed by atoms with Crippen molar-refractivity contribution >= 4 is 17.7 Å². The van der Waals surface area contributed by atoms with E-state index in [4.69, 9.17) is 0 Å². The first-order chi connectivity index (χ1) is 9.02. The molecule has 1 unspecified atom stereocenters. The van der Waals surface area contributed by atoms with Crippen molar-refractivity contribution < 1.29 is 9.90 Å². The van der Waals surface area contributed by atoms with Gasteiger partial charge in [0.2, 0.25) is 5.91 Å². The van der Waals surface area contributed by atoms with Crippen LogP contribution in [0, 0.1) is 0 Å². The minimum Gasteiger partial charge on any atom is -0.388 e. The minimum atomic E-state index is -0.839. The first-order valence-electron chi connectivity index (χ1n) is 6.53. The van der Waals surface area contributed by atoms with E-state index in [9.17, 15) is 9.90 Å². The van der Waals surface area contributed by atoms with E-state index in [1.165, 1.54) is 11.8 Å². The fourth-order valence-electron chi connectivity index (χ4n) is 1.53. The van der Waals surface area contributed by atoms with Gasteiger partial charge < -0.3 is 15.0 Å². The number of aliphatic hydroxyl groups is 1. The number of amides is 1. The summed E-state index contributed by atoms with van der Waals surface area (Å²) in [5, 5.41) is 21.2. The molecule has 1 aliphatic carbocycles. The van der Waals surface area contributed by atoms with Crippen molar-refractivity contribution in [2.45, 2.75) is 49.9 Å². The SMILES string of the molecule is CCC(C)(O)CNC(=O)CSc1nncn1C1CC1. The lowest BCUT2D eigenvalue weighted by molar-refractivity contribution is -0.119. The molecule has 19 heavy (non-hydrogen) atoms. The highest BCUT2D eigenvalue weighted by molar-refractivity contribution is 7.99. The van der Waals surface area contributed by atoms with Crippen molar-refractivity contribution in [2.24, 2.45) is 0 Å². The second kappa shape index (κ2) is 5.92. The zero-order valence-corrected chi connectivity index (χ0v) is 12.1. The Kier molecular flexibility index (Phi) is 4.46. The van der Waals surface area contributed by atoms with Crippen molar-refractivity contribution in [1.82, 2.24) is 20.1 Å². The Hall–Kier alpha value is -1.08. The Bertz CT molecular complexity index is 443. The third-order valence-corrected chi connectivity index (χ3v) is 4.20. The lowest BCUT2D eigenvalue weighted by Gasteiger charge is -2.21. The Morgan fingerprint density at radius 2 is 2.42 bits per heavy atom. The van der Waals surface area contributed by atoms with Gasteiger partial charge in [-0.05, 0) is 26.2 Å². The summed E-state index contributed by atoms with van der Waals surface area (Å²) in [6, 6.07) is 0.515. The average Bonchev–Trinajstić information content (AvgIpc) is 3.13. The molecular formula is C12H20N4O2S. The number of aromatic nitrogens is 3. The zero-order valence-electron chi connectivity index (χ0n) is 11.3. The van der Waals surface area contributed by atoms with E-state index in [0.717, 1.165) is 18.0 Å². The highest BCUT2D eigenvalue weighted by Crippen LogP contribution is 2.37. The van der Waals surface area contributed by atoms with Crippen LogP contribution in [-0.2, 0) is 4.79 Å². The fourth-order valence-corrected chi connectivity index (χ4v) is 2.35. The van der Waals surface area contributed by atoms with Gasteiger partial charge >= 0.3 is 0 Å². The Labute approximate surface area is 117 Å². The van der Waals surface area contributed by atoms with Crippen LogP contribution in [0.2, 0.25) is 0 Å². The van der Waals surface area contributed by atoms with E-state index in [1.807, 2.05) is 11.5 Å². The predicted octanol–water partition coefficient (Wildman–Crippen LogP) is 0.982. The molecule has 1 heterocycles. The number of carbonyl (C=O) groups is 1. The van der Waals surface area contributed by atoms with Gasteiger partial charge in [-0.3, -0.25) is 4.79 Å². The molecule has 1 saturated carbocycles. The minimum absolute atomic E-state index is 0.0935. The maximum Gasteiger partial charge on any atom is 0.230 e. The van der Waals surface area contributed by atoms with Crippen molar-refractivity contribution in [2.75, 3.05) is 12.3 Å². The first kappa shape index (κ1) is 14.3. The van der Waals surface area contributed by atoms with Gasteiger partial charge in [0.15, 0.2) is 5.16 Å². The molecule has 106 valence electrons. The lowest BCUT2D eigenvalue weighted by Crippen LogP contribution is -2.40. The van der Waals surface area contributed by atoms with Crippen LogP contribution >= 0.6 is 11.8 Å². The highest BCUT2D eigenvalue weighted by Gasteiger charge is 2.26. The normalized spacial score (nSPS) is 18.1. The molecule has 1 atom stereocenters. The van der Waals surface area contributed by atoms with E-state index in [0.29, 0.717) is 18.2 Å². The van der Waals surface area contributed by atoms with E-state index < -0.39 is 5.60 Å². The molecule has 7 heteroatoms. The van der Waals surface area contributed by atoms with Gasteiger partial charge in [-0.1, -0.05) is 18.7 Å². The lowest BCUT2D eigenvalue weighted by atomic mass is 10.0. The molecule has 0 radical (unpaired) electrons. The van der Waals surface area contributed by atoms with E-state index >= 15 is 0 Å². The second-order valence-corrected chi connectivity index (χ2v) is 6.11. The molecule has 0 saturated heterocycles. The van der Waals surface area contributed by atoms with Crippen LogP contribution in [0.4, 0.5) is 0 Å². The van der Waals surface area contributed by atoms with Gasteiger partial charge in [-0.2, -0.15) is 0 Å². The van der Waals surface area contributed by atoms with Crippen LogP contribution in [0.5, 0.6) is 0 Å². The number of nitrogens with zero attached hydrogens (tertiary/aromatic N) is 3. The van der Waals surface area contributed by atoms with Gasteiger partial charge in [-0.15, -0.1) is 10.2 Å². The summed E-state index contributed by atoms with van der Waals surface area (Å²) in [4.78, 5) is 11.7. The molecule has 0 spiro atoms. The number of nitrogens with one attached hydrogen (secondary N) is 1. The summed E-state index contributed by atoms with van der Waals surface area (Å²) < 4.78 is 2.03. The van der Waals surface area contributed by atoms with Crippen LogP contribution in [0.15, 0.2) is 11.5 Å². The number of hydrogen-bond donors (Lipinski definition) is 2. The molecule has 6 nitrogen and oxygen atoms in total. The van der Waals surface area contributed by atoms with Crippen LogP contribution in [-0.4, -0.2) is 43.7 Å². The van der Waals surface area contributed by atoms with Crippen LogP contribution in [0.1, 0.15) is 39.2 Å². The van der Waals surface area contributed by atoms with E-state index in [1.54, 1.807) is 13.3 Å².